The summed E-state index contributed by atoms with van der Waals surface area (Å²) < 4.78 is 5.30. The third-order valence-corrected chi connectivity index (χ3v) is 2.84. The van der Waals surface area contributed by atoms with E-state index in [1.165, 1.54) is 0 Å². The molecule has 18 heavy (non-hydrogen) atoms. The quantitative estimate of drug-likeness (QED) is 0.881. The zero-order valence-corrected chi connectivity index (χ0v) is 10.7. The molecule has 0 unspecified atom stereocenters. The molecule has 5 heteroatoms. The highest BCUT2D eigenvalue weighted by molar-refractivity contribution is 5.90. The largest absolute Gasteiger partial charge is 0.378 e. The smallest absolute Gasteiger partial charge is 0.224 e. The average molecular weight is 249 g/mol. The summed E-state index contributed by atoms with van der Waals surface area (Å²) in [6, 6.07) is 3.83. The molecule has 0 bridgehead atoms. The molecule has 0 spiro atoms. The van der Waals surface area contributed by atoms with Crippen molar-refractivity contribution in [1.29, 1.82) is 0 Å². The molecule has 0 saturated carbocycles. The van der Waals surface area contributed by atoms with Crippen LogP contribution in [0.3, 0.4) is 0 Å². The van der Waals surface area contributed by atoms with Crippen LogP contribution in [0.4, 0.5) is 11.5 Å². The van der Waals surface area contributed by atoms with Gasteiger partial charge in [0.1, 0.15) is 5.82 Å². The second-order valence-electron chi connectivity index (χ2n) is 4.30. The molecule has 1 aromatic rings. The molecule has 98 valence electrons. The number of anilines is 2. The number of rotatable bonds is 4. The van der Waals surface area contributed by atoms with E-state index in [2.05, 4.69) is 15.2 Å². The Balaban J connectivity index is 1.94. The second-order valence-corrected chi connectivity index (χ2v) is 4.30. The van der Waals surface area contributed by atoms with Crippen molar-refractivity contribution in [1.82, 2.24) is 4.98 Å². The molecule has 2 rings (SSSR count). The number of carbonyl (C=O) groups excluding carboxylic acids is 1. The fraction of sp³-hybridized carbons (Fsp3) is 0.538. The maximum absolute atomic E-state index is 11.4. The topological polar surface area (TPSA) is 54.5 Å². The molecule has 0 radical (unpaired) electrons. The molecule has 0 aliphatic carbocycles. The zero-order chi connectivity index (χ0) is 12.8. The van der Waals surface area contributed by atoms with Crippen LogP contribution in [-0.2, 0) is 9.53 Å². The fourth-order valence-electron chi connectivity index (χ4n) is 1.89. The summed E-state index contributed by atoms with van der Waals surface area (Å²) >= 11 is 0. The lowest BCUT2D eigenvalue weighted by molar-refractivity contribution is -0.116. The summed E-state index contributed by atoms with van der Waals surface area (Å²) in [5.74, 6) is 0.977. The monoisotopic (exact) mass is 249 g/mol. The van der Waals surface area contributed by atoms with Gasteiger partial charge in [-0.3, -0.25) is 4.79 Å². The lowest BCUT2D eigenvalue weighted by Crippen LogP contribution is -2.36. The highest BCUT2D eigenvalue weighted by Crippen LogP contribution is 2.15. The first-order valence-electron chi connectivity index (χ1n) is 6.38. The molecular formula is C13H19N3O2. The van der Waals surface area contributed by atoms with Gasteiger partial charge in [0.2, 0.25) is 5.91 Å². The normalized spacial score (nSPS) is 15.5. The predicted molar refractivity (Wildman–Crippen MR) is 70.8 cm³/mol. The van der Waals surface area contributed by atoms with Crippen LogP contribution in [-0.4, -0.2) is 37.2 Å². The highest BCUT2D eigenvalue weighted by Gasteiger charge is 2.12. The van der Waals surface area contributed by atoms with Crippen LogP contribution >= 0.6 is 0 Å². The van der Waals surface area contributed by atoms with Crippen molar-refractivity contribution in [3.8, 4) is 0 Å². The van der Waals surface area contributed by atoms with Crippen LogP contribution in [0.15, 0.2) is 18.3 Å². The van der Waals surface area contributed by atoms with E-state index in [1.807, 2.05) is 19.1 Å². The molecule has 1 saturated heterocycles. The van der Waals surface area contributed by atoms with Gasteiger partial charge in [-0.15, -0.1) is 0 Å². The molecule has 1 aromatic heterocycles. The van der Waals surface area contributed by atoms with E-state index < -0.39 is 0 Å². The Hall–Kier alpha value is -1.62. The second kappa shape index (κ2) is 6.35. The summed E-state index contributed by atoms with van der Waals surface area (Å²) in [5.41, 5.74) is 0.755. The predicted octanol–water partition coefficient (Wildman–Crippen LogP) is 1.66. The molecule has 1 fully saturated rings. The lowest BCUT2D eigenvalue weighted by atomic mass is 10.3. The molecule has 1 aliphatic heterocycles. The maximum atomic E-state index is 11.4. The van der Waals surface area contributed by atoms with Crippen molar-refractivity contribution in [2.45, 2.75) is 19.8 Å². The van der Waals surface area contributed by atoms with Crippen molar-refractivity contribution in [3.05, 3.63) is 18.3 Å². The maximum Gasteiger partial charge on any atom is 0.224 e. The van der Waals surface area contributed by atoms with Crippen molar-refractivity contribution in [3.63, 3.8) is 0 Å². The van der Waals surface area contributed by atoms with Gasteiger partial charge in [-0.05, 0) is 18.6 Å². The van der Waals surface area contributed by atoms with E-state index >= 15 is 0 Å². The van der Waals surface area contributed by atoms with Crippen LogP contribution in [0.1, 0.15) is 19.8 Å². The van der Waals surface area contributed by atoms with Gasteiger partial charge in [-0.2, -0.15) is 0 Å². The first-order chi connectivity index (χ1) is 8.79. The first-order valence-corrected chi connectivity index (χ1v) is 6.38. The van der Waals surface area contributed by atoms with Gasteiger partial charge in [0.25, 0.3) is 0 Å². The fourth-order valence-corrected chi connectivity index (χ4v) is 1.89. The van der Waals surface area contributed by atoms with Gasteiger partial charge >= 0.3 is 0 Å². The Labute approximate surface area is 107 Å². The molecular weight excluding hydrogens is 230 g/mol. The summed E-state index contributed by atoms with van der Waals surface area (Å²) in [5, 5.41) is 2.83. The number of amides is 1. The van der Waals surface area contributed by atoms with Crippen LogP contribution in [0.25, 0.3) is 0 Å². The van der Waals surface area contributed by atoms with E-state index in [1.54, 1.807) is 6.20 Å². The van der Waals surface area contributed by atoms with Gasteiger partial charge < -0.3 is 15.0 Å². The number of carbonyl (C=O) groups is 1. The number of pyridine rings is 1. The molecule has 1 amide bonds. The van der Waals surface area contributed by atoms with Gasteiger partial charge in [0.05, 0.1) is 25.1 Å². The van der Waals surface area contributed by atoms with Crippen LogP contribution in [0.2, 0.25) is 0 Å². The molecule has 2 heterocycles. The molecule has 5 nitrogen and oxygen atoms in total. The molecule has 1 aliphatic rings. The summed E-state index contributed by atoms with van der Waals surface area (Å²) in [6.07, 6.45) is 3.11. The summed E-state index contributed by atoms with van der Waals surface area (Å²) in [6.45, 7) is 5.22. The van der Waals surface area contributed by atoms with E-state index in [-0.39, 0.29) is 5.91 Å². The highest BCUT2D eigenvalue weighted by atomic mass is 16.5. The third-order valence-electron chi connectivity index (χ3n) is 2.84. The van der Waals surface area contributed by atoms with E-state index in [9.17, 15) is 4.79 Å². The lowest BCUT2D eigenvalue weighted by Gasteiger charge is -2.27. The van der Waals surface area contributed by atoms with Gasteiger partial charge in [-0.25, -0.2) is 4.98 Å². The van der Waals surface area contributed by atoms with Crippen molar-refractivity contribution < 1.29 is 9.53 Å². The third kappa shape index (κ3) is 3.43. The number of hydrogen-bond acceptors (Lipinski definition) is 4. The number of morpholine rings is 1. The Kier molecular flexibility index (Phi) is 4.52. The molecule has 1 N–H and O–H groups in total. The van der Waals surface area contributed by atoms with E-state index in [0.717, 1.165) is 44.2 Å². The Morgan fingerprint density at radius 3 is 2.83 bits per heavy atom. The Morgan fingerprint density at radius 1 is 1.44 bits per heavy atom. The summed E-state index contributed by atoms with van der Waals surface area (Å²) in [7, 11) is 0. The van der Waals surface area contributed by atoms with E-state index in [4.69, 9.17) is 4.74 Å². The van der Waals surface area contributed by atoms with Crippen LogP contribution < -0.4 is 10.2 Å². The number of nitrogens with zero attached hydrogens (tertiary/aromatic N) is 2. The zero-order valence-electron chi connectivity index (χ0n) is 10.7. The Bertz CT molecular complexity index is 386. The van der Waals surface area contributed by atoms with Crippen molar-refractivity contribution in [2.24, 2.45) is 0 Å². The van der Waals surface area contributed by atoms with Gasteiger partial charge in [0, 0.05) is 19.5 Å². The van der Waals surface area contributed by atoms with Crippen molar-refractivity contribution in [2.75, 3.05) is 36.5 Å². The molecule has 0 atom stereocenters. The molecule has 0 aromatic carbocycles. The van der Waals surface area contributed by atoms with E-state index in [0.29, 0.717) is 6.42 Å². The standard InChI is InChI=1S/C13H19N3O2/c1-2-3-13(17)15-11-4-5-12(14-10-11)16-6-8-18-9-7-16/h4-5,10H,2-3,6-9H2,1H3,(H,15,17). The minimum atomic E-state index is 0.0402. The van der Waals surface area contributed by atoms with Crippen LogP contribution in [0, 0.1) is 0 Å². The number of ether oxygens (including phenoxy) is 1. The minimum absolute atomic E-state index is 0.0402. The number of aromatic nitrogens is 1. The number of nitrogens with one attached hydrogen (secondary N) is 1. The van der Waals surface area contributed by atoms with Gasteiger partial charge in [0.15, 0.2) is 0 Å². The average Bonchev–Trinajstić information content (AvgIpc) is 2.41. The van der Waals surface area contributed by atoms with Gasteiger partial charge in [-0.1, -0.05) is 6.92 Å². The van der Waals surface area contributed by atoms with Crippen LogP contribution in [0.5, 0.6) is 0 Å². The SMILES string of the molecule is CCCC(=O)Nc1ccc(N2CCOCC2)nc1. The summed E-state index contributed by atoms with van der Waals surface area (Å²) in [4.78, 5) is 18.0. The minimum Gasteiger partial charge on any atom is -0.378 e. The first kappa shape index (κ1) is 12.8. The Morgan fingerprint density at radius 2 is 2.22 bits per heavy atom. The number of hydrogen-bond donors (Lipinski definition) is 1. The van der Waals surface area contributed by atoms with Crippen molar-refractivity contribution >= 4 is 17.4 Å².